The van der Waals surface area contributed by atoms with Crippen LogP contribution in [0.25, 0.3) is 0 Å². The van der Waals surface area contributed by atoms with Gasteiger partial charge in [-0.3, -0.25) is 14.5 Å². The minimum Gasteiger partial charge on any atom is -0.503 e. The molecule has 1 aliphatic rings. The lowest BCUT2D eigenvalue weighted by molar-refractivity contribution is -0.274. The second-order valence-electron chi connectivity index (χ2n) is 8.61. The first-order valence-electron chi connectivity index (χ1n) is 11.5. The first-order chi connectivity index (χ1) is 18.6. The van der Waals surface area contributed by atoms with E-state index in [0.717, 1.165) is 34.7 Å². The van der Waals surface area contributed by atoms with Crippen molar-refractivity contribution in [3.63, 3.8) is 0 Å². The number of hydrogen-bond donors (Lipinski definition) is 1. The van der Waals surface area contributed by atoms with Crippen LogP contribution in [0.4, 0.5) is 19.0 Å². The van der Waals surface area contributed by atoms with Gasteiger partial charge in [-0.05, 0) is 54.4 Å². The number of alkyl halides is 3. The summed E-state index contributed by atoms with van der Waals surface area (Å²) in [6.45, 7) is 2.14. The van der Waals surface area contributed by atoms with Crippen molar-refractivity contribution >= 4 is 17.5 Å². The summed E-state index contributed by atoms with van der Waals surface area (Å²) >= 11 is 0. The largest absolute Gasteiger partial charge is 0.573 e. The average Bonchev–Trinajstić information content (AvgIpc) is 3.50. The molecule has 0 fully saturated rings. The molecule has 1 atom stereocenters. The number of rotatable bonds is 7. The Bertz CT molecular complexity index is 1530. The van der Waals surface area contributed by atoms with E-state index in [1.54, 1.807) is 48.3 Å². The highest BCUT2D eigenvalue weighted by Gasteiger charge is 2.45. The standard InChI is InChI=1S/C26H19F3N6O4/c1-15-2-11-20(33-32-15)35-22(17-5-3-16(4-6-17)12-34-14-30-13-31-34)21(24(37)25(35)38)23(36)18-7-9-19(10-8-18)39-26(27,28)29/h2-11,13-14,22,37H,12H2,1H3. The van der Waals surface area contributed by atoms with Gasteiger partial charge >= 0.3 is 6.36 Å². The summed E-state index contributed by atoms with van der Waals surface area (Å²) in [5.41, 5.74) is 1.63. The Balaban J connectivity index is 1.53. The van der Waals surface area contributed by atoms with Crippen LogP contribution in [0.3, 0.4) is 0 Å². The fourth-order valence-electron chi connectivity index (χ4n) is 4.18. The highest BCUT2D eigenvalue weighted by Crippen LogP contribution is 2.41. The Kier molecular flexibility index (Phi) is 6.56. The second kappa shape index (κ2) is 10.0. The van der Waals surface area contributed by atoms with E-state index in [0.29, 0.717) is 17.8 Å². The zero-order chi connectivity index (χ0) is 27.7. The van der Waals surface area contributed by atoms with Gasteiger partial charge in [0, 0.05) is 5.56 Å². The molecule has 4 aromatic rings. The van der Waals surface area contributed by atoms with Gasteiger partial charge < -0.3 is 9.84 Å². The number of aliphatic hydroxyl groups is 1. The normalized spacial score (nSPS) is 15.6. The van der Waals surface area contributed by atoms with Crippen LogP contribution in [0.5, 0.6) is 5.75 Å². The van der Waals surface area contributed by atoms with E-state index in [-0.39, 0.29) is 17.0 Å². The van der Waals surface area contributed by atoms with E-state index < -0.39 is 35.6 Å². The molecule has 1 unspecified atom stereocenters. The van der Waals surface area contributed by atoms with E-state index in [2.05, 4.69) is 25.0 Å². The number of carbonyl (C=O) groups is 2. The van der Waals surface area contributed by atoms with Gasteiger partial charge in [-0.2, -0.15) is 10.2 Å². The van der Waals surface area contributed by atoms with Gasteiger partial charge in [0.2, 0.25) is 0 Å². The lowest BCUT2D eigenvalue weighted by atomic mass is 9.92. The molecule has 0 radical (unpaired) electrons. The lowest BCUT2D eigenvalue weighted by Crippen LogP contribution is -2.32. The van der Waals surface area contributed by atoms with Crippen LogP contribution in [0, 0.1) is 6.92 Å². The number of anilines is 1. The van der Waals surface area contributed by atoms with Crippen LogP contribution >= 0.6 is 0 Å². The summed E-state index contributed by atoms with van der Waals surface area (Å²) in [5.74, 6) is -2.83. The van der Waals surface area contributed by atoms with Gasteiger partial charge in [-0.15, -0.1) is 18.3 Å². The van der Waals surface area contributed by atoms with Gasteiger partial charge in [0.15, 0.2) is 17.4 Å². The van der Waals surface area contributed by atoms with Crippen molar-refractivity contribution in [1.82, 2.24) is 25.0 Å². The van der Waals surface area contributed by atoms with E-state index in [1.807, 2.05) is 0 Å². The summed E-state index contributed by atoms with van der Waals surface area (Å²) < 4.78 is 43.1. The summed E-state index contributed by atoms with van der Waals surface area (Å²) in [4.78, 5) is 31.9. The lowest BCUT2D eigenvalue weighted by Gasteiger charge is -2.25. The molecule has 13 heteroatoms. The molecular weight excluding hydrogens is 517 g/mol. The Hall–Kier alpha value is -5.07. The minimum atomic E-state index is -4.90. The number of carbonyl (C=O) groups excluding carboxylic acids is 2. The Morgan fingerprint density at radius 3 is 2.33 bits per heavy atom. The zero-order valence-electron chi connectivity index (χ0n) is 20.2. The Labute approximate surface area is 219 Å². The fourth-order valence-corrected chi connectivity index (χ4v) is 4.18. The number of hydrogen-bond acceptors (Lipinski definition) is 8. The zero-order valence-corrected chi connectivity index (χ0v) is 20.2. The maximum absolute atomic E-state index is 13.6. The van der Waals surface area contributed by atoms with Gasteiger partial charge in [0.25, 0.3) is 5.91 Å². The summed E-state index contributed by atoms with van der Waals surface area (Å²) in [5, 5.41) is 23.0. The van der Waals surface area contributed by atoms with Crippen molar-refractivity contribution in [2.45, 2.75) is 25.9 Å². The third-order valence-corrected chi connectivity index (χ3v) is 5.94. The molecule has 0 spiro atoms. The molecular formula is C26H19F3N6O4. The summed E-state index contributed by atoms with van der Waals surface area (Å²) in [6.07, 6.45) is -1.93. The molecule has 1 N–H and O–H groups in total. The van der Waals surface area contributed by atoms with Crippen LogP contribution in [0.1, 0.15) is 33.2 Å². The average molecular weight is 536 g/mol. The van der Waals surface area contributed by atoms with E-state index in [4.69, 9.17) is 0 Å². The SMILES string of the molecule is Cc1ccc(N2C(=O)C(O)=C(C(=O)c3ccc(OC(F)(F)F)cc3)C2c2ccc(Cn3cncn3)cc2)nn1. The third-order valence-electron chi connectivity index (χ3n) is 5.94. The molecule has 1 amide bonds. The van der Waals surface area contributed by atoms with Gasteiger partial charge in [0.1, 0.15) is 18.4 Å². The van der Waals surface area contributed by atoms with E-state index in [9.17, 15) is 27.9 Å². The first kappa shape index (κ1) is 25.6. The maximum Gasteiger partial charge on any atom is 0.573 e. The molecule has 2 aromatic heterocycles. The van der Waals surface area contributed by atoms with Gasteiger partial charge in [0.05, 0.1) is 23.9 Å². The van der Waals surface area contributed by atoms with E-state index in [1.165, 1.54) is 12.4 Å². The molecule has 0 aliphatic carbocycles. The number of aryl methyl sites for hydroxylation is 1. The van der Waals surface area contributed by atoms with Crippen LogP contribution in [-0.4, -0.2) is 48.1 Å². The Morgan fingerprint density at radius 1 is 1.03 bits per heavy atom. The Morgan fingerprint density at radius 2 is 1.74 bits per heavy atom. The number of Topliss-reactive ketones (excluding diaryl/α,β-unsaturated/α-hetero) is 1. The second-order valence-corrected chi connectivity index (χ2v) is 8.61. The highest BCUT2D eigenvalue weighted by atomic mass is 19.4. The molecule has 5 rings (SSSR count). The van der Waals surface area contributed by atoms with Crippen LogP contribution in [0.15, 0.2) is 84.7 Å². The molecule has 2 aromatic carbocycles. The molecule has 3 heterocycles. The molecule has 10 nitrogen and oxygen atoms in total. The van der Waals surface area contributed by atoms with Crippen molar-refractivity contribution in [3.05, 3.63) is 107 Å². The van der Waals surface area contributed by atoms with Crippen molar-refractivity contribution in [1.29, 1.82) is 0 Å². The smallest absolute Gasteiger partial charge is 0.503 e. The predicted octanol–water partition coefficient (Wildman–Crippen LogP) is 4.11. The highest BCUT2D eigenvalue weighted by molar-refractivity contribution is 6.20. The number of halogens is 3. The fraction of sp³-hybridized carbons (Fsp3) is 0.154. The minimum absolute atomic E-state index is 0.0523. The number of benzene rings is 2. The quantitative estimate of drug-likeness (QED) is 0.350. The van der Waals surface area contributed by atoms with Crippen LogP contribution in [0.2, 0.25) is 0 Å². The topological polar surface area (TPSA) is 123 Å². The molecule has 0 bridgehead atoms. The van der Waals surface area contributed by atoms with E-state index >= 15 is 0 Å². The third kappa shape index (κ3) is 5.32. The number of ketones is 1. The maximum atomic E-state index is 13.6. The van der Waals surface area contributed by atoms with Crippen LogP contribution in [-0.2, 0) is 11.3 Å². The predicted molar refractivity (Wildman–Crippen MR) is 130 cm³/mol. The van der Waals surface area contributed by atoms with Gasteiger partial charge in [-0.25, -0.2) is 9.67 Å². The van der Waals surface area contributed by atoms with Crippen molar-refractivity contribution in [2.24, 2.45) is 0 Å². The molecule has 39 heavy (non-hydrogen) atoms. The number of amides is 1. The molecule has 198 valence electrons. The van der Waals surface area contributed by atoms with Crippen molar-refractivity contribution < 1.29 is 32.6 Å². The monoisotopic (exact) mass is 536 g/mol. The molecule has 0 saturated carbocycles. The van der Waals surface area contributed by atoms with Crippen molar-refractivity contribution in [3.8, 4) is 5.75 Å². The first-order valence-corrected chi connectivity index (χ1v) is 11.5. The number of nitrogens with zero attached hydrogens (tertiary/aromatic N) is 6. The molecule has 0 saturated heterocycles. The van der Waals surface area contributed by atoms with Crippen LogP contribution < -0.4 is 9.64 Å². The molecule has 1 aliphatic heterocycles. The number of aliphatic hydroxyl groups excluding tert-OH is 1. The summed E-state index contributed by atoms with van der Waals surface area (Å²) in [7, 11) is 0. The number of ether oxygens (including phenoxy) is 1. The van der Waals surface area contributed by atoms with Crippen molar-refractivity contribution in [2.75, 3.05) is 4.90 Å². The van der Waals surface area contributed by atoms with Gasteiger partial charge in [-0.1, -0.05) is 24.3 Å². The summed E-state index contributed by atoms with van der Waals surface area (Å²) in [6, 6.07) is 13.2. The number of aromatic nitrogens is 5.